The number of hydrogen-bond acceptors (Lipinski definition) is 5. The molecule has 0 spiro atoms. The number of ether oxygens (including phenoxy) is 2. The number of benzene rings is 3. The molecule has 3 aromatic carbocycles. The Bertz CT molecular complexity index is 1600. The molecule has 10 heteroatoms. The zero-order valence-electron chi connectivity index (χ0n) is 23.1. The van der Waals surface area contributed by atoms with Crippen LogP contribution in [0.2, 0.25) is 5.02 Å². The maximum atomic E-state index is 14.0. The SMILES string of the molecule is COc1ccc(OC)c([C@H]2C3=C(C[C@H](c4ccccc4)CC3=O)N=C(C)C2C(=O)Nc2cc(C(F)(F)F)ccc2Cl)c1. The average Bonchev–Trinajstić information content (AvgIpc) is 2.96. The molecule has 5 rings (SSSR count). The van der Waals surface area contributed by atoms with Crippen molar-refractivity contribution in [1.82, 2.24) is 0 Å². The van der Waals surface area contributed by atoms with Crippen LogP contribution in [0.4, 0.5) is 18.9 Å². The molecule has 1 amide bonds. The molecule has 1 unspecified atom stereocenters. The first-order chi connectivity index (χ1) is 20.0. The van der Waals surface area contributed by atoms with Crippen molar-refractivity contribution in [2.75, 3.05) is 19.5 Å². The largest absolute Gasteiger partial charge is 0.497 e. The Kier molecular flexibility index (Phi) is 8.14. The highest BCUT2D eigenvalue weighted by Crippen LogP contribution is 2.49. The van der Waals surface area contributed by atoms with Gasteiger partial charge in [0.15, 0.2) is 5.78 Å². The summed E-state index contributed by atoms with van der Waals surface area (Å²) in [7, 11) is 2.98. The van der Waals surface area contributed by atoms with Gasteiger partial charge in [0.25, 0.3) is 0 Å². The molecule has 1 heterocycles. The van der Waals surface area contributed by atoms with Gasteiger partial charge in [0.2, 0.25) is 5.91 Å². The van der Waals surface area contributed by atoms with Gasteiger partial charge >= 0.3 is 6.18 Å². The molecule has 1 aliphatic carbocycles. The second-order valence-electron chi connectivity index (χ2n) is 10.3. The molecule has 0 fully saturated rings. The summed E-state index contributed by atoms with van der Waals surface area (Å²) in [5.74, 6) is -1.88. The summed E-state index contributed by atoms with van der Waals surface area (Å²) in [5, 5.41) is 2.52. The van der Waals surface area contributed by atoms with E-state index in [1.807, 2.05) is 30.3 Å². The van der Waals surface area contributed by atoms with Crippen LogP contribution < -0.4 is 14.8 Å². The number of ketones is 1. The van der Waals surface area contributed by atoms with Crippen molar-refractivity contribution in [2.24, 2.45) is 10.9 Å². The molecule has 218 valence electrons. The lowest BCUT2D eigenvalue weighted by molar-refractivity contribution is -0.137. The highest BCUT2D eigenvalue weighted by molar-refractivity contribution is 6.34. The maximum absolute atomic E-state index is 14.0. The molecule has 6 nitrogen and oxygen atoms in total. The van der Waals surface area contributed by atoms with Crippen LogP contribution in [0, 0.1) is 5.92 Å². The predicted molar refractivity (Wildman–Crippen MR) is 154 cm³/mol. The first kappa shape index (κ1) is 29.4. The molecular formula is C32H28ClF3N2O4. The standard InChI is InChI=1S/C32H28ClF3N2O4/c1-17-28(31(40)38-24-15-20(32(34,35)36)9-11-23(24)33)29(22-16-21(41-2)10-12-27(22)42-3)30-25(37-17)13-19(14-26(30)39)18-7-5-4-6-8-18/h4-12,15-16,19,28-29H,13-14H2,1-3H3,(H,38,40)/t19-,28?,29+/m0/s1. The van der Waals surface area contributed by atoms with Crippen LogP contribution >= 0.6 is 11.6 Å². The van der Waals surface area contributed by atoms with Crippen molar-refractivity contribution in [3.05, 3.63) is 99.7 Å². The average molecular weight is 597 g/mol. The Balaban J connectivity index is 1.62. The van der Waals surface area contributed by atoms with E-state index in [1.165, 1.54) is 14.2 Å². The summed E-state index contributed by atoms with van der Waals surface area (Å²) >= 11 is 6.20. The highest BCUT2D eigenvalue weighted by atomic mass is 35.5. The number of nitrogens with one attached hydrogen (secondary N) is 1. The van der Waals surface area contributed by atoms with E-state index >= 15 is 0 Å². The molecule has 3 atom stereocenters. The number of aliphatic imine (C=N–C) groups is 1. The van der Waals surface area contributed by atoms with Gasteiger partial charge in [-0.3, -0.25) is 14.6 Å². The normalized spacial score (nSPS) is 20.5. The fraction of sp³-hybridized carbons (Fsp3) is 0.281. The van der Waals surface area contributed by atoms with Crippen LogP contribution in [-0.4, -0.2) is 31.6 Å². The summed E-state index contributed by atoms with van der Waals surface area (Å²) in [5.41, 5.74) is 1.76. The Morgan fingerprint density at radius 3 is 2.40 bits per heavy atom. The second-order valence-corrected chi connectivity index (χ2v) is 10.7. The van der Waals surface area contributed by atoms with E-state index in [-0.39, 0.29) is 28.8 Å². The van der Waals surface area contributed by atoms with Crippen LogP contribution in [0.5, 0.6) is 11.5 Å². The van der Waals surface area contributed by atoms with E-state index in [9.17, 15) is 22.8 Å². The van der Waals surface area contributed by atoms with Gasteiger partial charge in [-0.05, 0) is 61.2 Å². The van der Waals surface area contributed by atoms with Gasteiger partial charge in [-0.15, -0.1) is 0 Å². The number of nitrogens with zero attached hydrogens (tertiary/aromatic N) is 1. The second kappa shape index (κ2) is 11.6. The van der Waals surface area contributed by atoms with Crippen molar-refractivity contribution < 1.29 is 32.2 Å². The summed E-state index contributed by atoms with van der Waals surface area (Å²) in [4.78, 5) is 32.6. The third-order valence-electron chi connectivity index (χ3n) is 7.77. The number of alkyl halides is 3. The van der Waals surface area contributed by atoms with Crippen LogP contribution in [0.15, 0.2) is 83.0 Å². The number of hydrogen-bond donors (Lipinski definition) is 1. The highest BCUT2D eigenvalue weighted by Gasteiger charge is 2.45. The van der Waals surface area contributed by atoms with E-state index < -0.39 is 29.5 Å². The van der Waals surface area contributed by atoms with Crippen molar-refractivity contribution in [2.45, 2.75) is 37.8 Å². The summed E-state index contributed by atoms with van der Waals surface area (Å²) in [6.07, 6.45) is -3.93. The summed E-state index contributed by atoms with van der Waals surface area (Å²) < 4.78 is 51.4. The number of rotatable bonds is 6. The van der Waals surface area contributed by atoms with Gasteiger partial charge in [0, 0.05) is 34.9 Å². The lowest BCUT2D eigenvalue weighted by Gasteiger charge is -2.37. The quantitative estimate of drug-likeness (QED) is 0.318. The molecule has 3 aromatic rings. The van der Waals surface area contributed by atoms with Crippen LogP contribution in [0.25, 0.3) is 0 Å². The van der Waals surface area contributed by atoms with Crippen molar-refractivity contribution in [3.63, 3.8) is 0 Å². The third kappa shape index (κ3) is 5.66. The number of amides is 1. The molecule has 0 bridgehead atoms. The Morgan fingerprint density at radius 1 is 1.00 bits per heavy atom. The fourth-order valence-electron chi connectivity index (χ4n) is 5.79. The van der Waals surface area contributed by atoms with Gasteiger partial charge in [-0.1, -0.05) is 41.9 Å². The minimum atomic E-state index is -4.63. The number of halogens is 4. The van der Waals surface area contributed by atoms with Crippen molar-refractivity contribution >= 4 is 34.7 Å². The van der Waals surface area contributed by atoms with Gasteiger partial charge in [-0.2, -0.15) is 13.2 Å². The van der Waals surface area contributed by atoms with Gasteiger partial charge in [-0.25, -0.2) is 0 Å². The number of carbonyl (C=O) groups excluding carboxylic acids is 2. The topological polar surface area (TPSA) is 77.0 Å². The van der Waals surface area contributed by atoms with Crippen LogP contribution in [0.1, 0.15) is 48.3 Å². The Morgan fingerprint density at radius 2 is 1.74 bits per heavy atom. The molecular weight excluding hydrogens is 569 g/mol. The first-order valence-corrected chi connectivity index (χ1v) is 13.7. The minimum absolute atomic E-state index is 0.0587. The first-order valence-electron chi connectivity index (χ1n) is 13.3. The van der Waals surface area contributed by atoms with E-state index in [0.29, 0.717) is 40.5 Å². The van der Waals surface area contributed by atoms with Crippen LogP contribution in [-0.2, 0) is 15.8 Å². The number of methoxy groups -OCH3 is 2. The molecule has 0 saturated heterocycles. The minimum Gasteiger partial charge on any atom is -0.497 e. The fourth-order valence-corrected chi connectivity index (χ4v) is 5.95. The molecule has 1 N–H and O–H groups in total. The van der Waals surface area contributed by atoms with E-state index in [2.05, 4.69) is 5.32 Å². The van der Waals surface area contributed by atoms with E-state index in [0.717, 1.165) is 23.8 Å². The maximum Gasteiger partial charge on any atom is 0.416 e. The Hall–Kier alpha value is -4.11. The van der Waals surface area contributed by atoms with E-state index in [1.54, 1.807) is 25.1 Å². The van der Waals surface area contributed by atoms with Gasteiger partial charge in [0.05, 0.1) is 36.4 Å². The van der Waals surface area contributed by atoms with E-state index in [4.69, 9.17) is 26.1 Å². The predicted octanol–water partition coefficient (Wildman–Crippen LogP) is 7.59. The zero-order valence-corrected chi connectivity index (χ0v) is 23.8. The molecule has 0 saturated carbocycles. The number of carbonyl (C=O) groups is 2. The lowest BCUT2D eigenvalue weighted by atomic mass is 9.68. The number of Topliss-reactive ketones (excluding diaryl/α,β-unsaturated/α-hetero) is 1. The van der Waals surface area contributed by atoms with Gasteiger partial charge in [0.1, 0.15) is 11.5 Å². The zero-order chi connectivity index (χ0) is 30.2. The van der Waals surface area contributed by atoms with Crippen molar-refractivity contribution in [3.8, 4) is 11.5 Å². The third-order valence-corrected chi connectivity index (χ3v) is 8.10. The number of anilines is 1. The molecule has 0 radical (unpaired) electrons. The molecule has 0 aromatic heterocycles. The molecule has 42 heavy (non-hydrogen) atoms. The van der Waals surface area contributed by atoms with Crippen molar-refractivity contribution in [1.29, 1.82) is 0 Å². The van der Waals surface area contributed by atoms with Crippen LogP contribution in [0.3, 0.4) is 0 Å². The van der Waals surface area contributed by atoms with Gasteiger partial charge < -0.3 is 14.8 Å². The summed E-state index contributed by atoms with van der Waals surface area (Å²) in [6.45, 7) is 1.68. The molecule has 2 aliphatic rings. The smallest absolute Gasteiger partial charge is 0.416 e. The monoisotopic (exact) mass is 596 g/mol. The lowest BCUT2D eigenvalue weighted by Crippen LogP contribution is -2.40. The number of allylic oxidation sites excluding steroid dienone is 2. The summed E-state index contributed by atoms with van der Waals surface area (Å²) in [6, 6.07) is 17.5. The Labute approximate surface area is 246 Å². The molecule has 1 aliphatic heterocycles.